The molecular formula is C11H9BrClNO. The zero-order valence-electron chi connectivity index (χ0n) is 8.13. The number of Topliss-reactive ketones (excluding diaryl/α,β-unsaturated/α-hetero) is 1. The van der Waals surface area contributed by atoms with E-state index in [0.29, 0.717) is 11.1 Å². The van der Waals surface area contributed by atoms with E-state index in [1.807, 2.05) is 0 Å². The standard InChI is InChI=1S/C11H9BrClNO/c1-7(15)11(12)9-4-2-3-8(5-13)10(9)6-14/h2-4,11H,5H2,1H3. The number of halogens is 2. The summed E-state index contributed by atoms with van der Waals surface area (Å²) in [5, 5.41) is 9.02. The molecule has 78 valence electrons. The maximum Gasteiger partial charge on any atom is 0.147 e. The number of hydrogen-bond acceptors (Lipinski definition) is 2. The van der Waals surface area contributed by atoms with Crippen LogP contribution in [0.25, 0.3) is 0 Å². The Bertz CT molecular complexity index is 425. The molecule has 1 unspecified atom stereocenters. The van der Waals surface area contributed by atoms with E-state index in [9.17, 15) is 4.79 Å². The van der Waals surface area contributed by atoms with Gasteiger partial charge in [0.15, 0.2) is 0 Å². The van der Waals surface area contributed by atoms with E-state index < -0.39 is 4.83 Å². The smallest absolute Gasteiger partial charge is 0.147 e. The molecule has 1 rings (SSSR count). The first-order valence-electron chi connectivity index (χ1n) is 4.34. The van der Waals surface area contributed by atoms with Crippen LogP contribution in [0.5, 0.6) is 0 Å². The third-order valence-corrected chi connectivity index (χ3v) is 3.49. The predicted molar refractivity (Wildman–Crippen MR) is 63.1 cm³/mol. The zero-order chi connectivity index (χ0) is 11.4. The van der Waals surface area contributed by atoms with Crippen LogP contribution in [0.1, 0.15) is 28.4 Å². The quantitative estimate of drug-likeness (QED) is 0.800. The van der Waals surface area contributed by atoms with E-state index in [1.54, 1.807) is 18.2 Å². The molecular weight excluding hydrogens is 277 g/mol. The highest BCUT2D eigenvalue weighted by Gasteiger charge is 2.18. The predicted octanol–water partition coefficient (Wildman–Crippen LogP) is 3.32. The average molecular weight is 287 g/mol. The van der Waals surface area contributed by atoms with Gasteiger partial charge in [-0.1, -0.05) is 34.1 Å². The summed E-state index contributed by atoms with van der Waals surface area (Å²) in [6.07, 6.45) is 0. The van der Waals surface area contributed by atoms with E-state index in [-0.39, 0.29) is 11.7 Å². The van der Waals surface area contributed by atoms with E-state index in [4.69, 9.17) is 16.9 Å². The van der Waals surface area contributed by atoms with Crippen molar-refractivity contribution in [3.8, 4) is 6.07 Å². The van der Waals surface area contributed by atoms with Crippen molar-refractivity contribution >= 4 is 33.3 Å². The summed E-state index contributed by atoms with van der Waals surface area (Å²) in [6.45, 7) is 1.48. The number of ketones is 1. The van der Waals surface area contributed by atoms with E-state index >= 15 is 0 Å². The summed E-state index contributed by atoms with van der Waals surface area (Å²) in [7, 11) is 0. The Morgan fingerprint density at radius 1 is 1.67 bits per heavy atom. The van der Waals surface area contributed by atoms with Crippen molar-refractivity contribution in [3.63, 3.8) is 0 Å². The lowest BCUT2D eigenvalue weighted by Crippen LogP contribution is -2.05. The van der Waals surface area contributed by atoms with Gasteiger partial charge in [-0.15, -0.1) is 11.6 Å². The Balaban J connectivity index is 3.30. The lowest BCUT2D eigenvalue weighted by atomic mass is 9.99. The maximum atomic E-state index is 11.2. The van der Waals surface area contributed by atoms with Crippen molar-refractivity contribution in [2.75, 3.05) is 0 Å². The number of carbonyl (C=O) groups excluding carboxylic acids is 1. The highest BCUT2D eigenvalue weighted by molar-refractivity contribution is 9.09. The lowest BCUT2D eigenvalue weighted by Gasteiger charge is -2.10. The Kier molecular flexibility index (Phi) is 4.31. The molecule has 1 atom stereocenters. The molecule has 1 aromatic rings. The van der Waals surface area contributed by atoms with Crippen molar-refractivity contribution in [1.29, 1.82) is 5.26 Å². The molecule has 0 fully saturated rings. The third kappa shape index (κ3) is 2.58. The highest BCUT2D eigenvalue weighted by atomic mass is 79.9. The molecule has 0 radical (unpaired) electrons. The van der Waals surface area contributed by atoms with Crippen molar-refractivity contribution in [1.82, 2.24) is 0 Å². The minimum Gasteiger partial charge on any atom is -0.298 e. The maximum absolute atomic E-state index is 11.2. The van der Waals surface area contributed by atoms with Crippen LogP contribution < -0.4 is 0 Å². The molecule has 4 heteroatoms. The lowest BCUT2D eigenvalue weighted by molar-refractivity contribution is -0.116. The van der Waals surface area contributed by atoms with E-state index in [2.05, 4.69) is 22.0 Å². The van der Waals surface area contributed by atoms with E-state index in [0.717, 1.165) is 5.56 Å². The van der Waals surface area contributed by atoms with Crippen molar-refractivity contribution < 1.29 is 4.79 Å². The van der Waals surface area contributed by atoms with Gasteiger partial charge in [0, 0.05) is 5.88 Å². The van der Waals surface area contributed by atoms with Crippen molar-refractivity contribution in [2.45, 2.75) is 17.6 Å². The van der Waals surface area contributed by atoms with Gasteiger partial charge in [-0.3, -0.25) is 4.79 Å². The van der Waals surface area contributed by atoms with Gasteiger partial charge in [-0.2, -0.15) is 5.26 Å². The average Bonchev–Trinajstić information content (AvgIpc) is 2.26. The first-order chi connectivity index (χ1) is 7.11. The first kappa shape index (κ1) is 12.2. The largest absolute Gasteiger partial charge is 0.298 e. The number of benzene rings is 1. The number of alkyl halides is 2. The van der Waals surface area contributed by atoms with Gasteiger partial charge in [-0.25, -0.2) is 0 Å². The number of carbonyl (C=O) groups is 1. The highest BCUT2D eigenvalue weighted by Crippen LogP contribution is 2.28. The van der Waals surface area contributed by atoms with Crippen LogP contribution >= 0.6 is 27.5 Å². The van der Waals surface area contributed by atoms with Gasteiger partial charge in [-0.05, 0) is 18.1 Å². The second-order valence-electron chi connectivity index (χ2n) is 3.10. The minimum atomic E-state index is -0.435. The second kappa shape index (κ2) is 5.29. The summed E-state index contributed by atoms with van der Waals surface area (Å²) in [4.78, 5) is 10.8. The third-order valence-electron chi connectivity index (χ3n) is 2.07. The molecule has 0 saturated heterocycles. The summed E-state index contributed by atoms with van der Waals surface area (Å²) in [6, 6.07) is 7.43. The number of rotatable bonds is 3. The Labute approximate surface area is 102 Å². The molecule has 2 nitrogen and oxygen atoms in total. The fourth-order valence-electron chi connectivity index (χ4n) is 1.30. The molecule has 0 aromatic heterocycles. The molecule has 1 aromatic carbocycles. The van der Waals surface area contributed by atoms with Gasteiger partial charge < -0.3 is 0 Å². The topological polar surface area (TPSA) is 40.9 Å². The van der Waals surface area contributed by atoms with Crippen LogP contribution in [-0.2, 0) is 10.7 Å². The molecule has 0 aliphatic rings. The first-order valence-corrected chi connectivity index (χ1v) is 5.79. The van der Waals surface area contributed by atoms with Crippen LogP contribution in [0.2, 0.25) is 0 Å². The molecule has 0 aliphatic heterocycles. The molecule has 0 spiro atoms. The fraction of sp³-hybridized carbons (Fsp3) is 0.273. The number of hydrogen-bond donors (Lipinski definition) is 0. The van der Waals surface area contributed by atoms with Gasteiger partial charge in [0.05, 0.1) is 16.5 Å². The van der Waals surface area contributed by atoms with Crippen LogP contribution in [0.3, 0.4) is 0 Å². The normalized spacial score (nSPS) is 11.9. The number of nitrogens with zero attached hydrogens (tertiary/aromatic N) is 1. The summed E-state index contributed by atoms with van der Waals surface area (Å²) in [5.74, 6) is 0.243. The monoisotopic (exact) mass is 285 g/mol. The minimum absolute atomic E-state index is 0.0294. The second-order valence-corrected chi connectivity index (χ2v) is 4.28. The molecule has 0 bridgehead atoms. The van der Waals surface area contributed by atoms with E-state index in [1.165, 1.54) is 6.92 Å². The molecule has 15 heavy (non-hydrogen) atoms. The van der Waals surface area contributed by atoms with Crippen molar-refractivity contribution in [3.05, 3.63) is 34.9 Å². The van der Waals surface area contributed by atoms with Crippen LogP contribution in [-0.4, -0.2) is 5.78 Å². The zero-order valence-corrected chi connectivity index (χ0v) is 10.5. The summed E-state index contributed by atoms with van der Waals surface area (Å²) >= 11 is 8.98. The number of nitriles is 1. The Hall–Kier alpha value is -0.850. The SMILES string of the molecule is CC(=O)C(Br)c1cccc(CCl)c1C#N. The summed E-state index contributed by atoms with van der Waals surface area (Å²) in [5.41, 5.74) is 1.93. The van der Waals surface area contributed by atoms with Gasteiger partial charge >= 0.3 is 0 Å². The molecule has 0 heterocycles. The molecule has 0 saturated carbocycles. The van der Waals surface area contributed by atoms with Crippen LogP contribution in [0.4, 0.5) is 0 Å². The fourth-order valence-corrected chi connectivity index (χ4v) is 1.90. The molecule has 0 amide bonds. The molecule has 0 aliphatic carbocycles. The van der Waals surface area contributed by atoms with Gasteiger partial charge in [0.1, 0.15) is 5.78 Å². The Morgan fingerprint density at radius 3 is 2.80 bits per heavy atom. The van der Waals surface area contributed by atoms with Crippen LogP contribution in [0, 0.1) is 11.3 Å². The summed E-state index contributed by atoms with van der Waals surface area (Å²) < 4.78 is 0. The van der Waals surface area contributed by atoms with Gasteiger partial charge in [0.25, 0.3) is 0 Å². The Morgan fingerprint density at radius 2 is 2.33 bits per heavy atom. The molecule has 0 N–H and O–H groups in total. The van der Waals surface area contributed by atoms with Gasteiger partial charge in [0.2, 0.25) is 0 Å². The van der Waals surface area contributed by atoms with Crippen LogP contribution in [0.15, 0.2) is 18.2 Å². The van der Waals surface area contributed by atoms with Crippen molar-refractivity contribution in [2.24, 2.45) is 0 Å².